The molecule has 0 saturated carbocycles. The van der Waals surface area contributed by atoms with Crippen molar-refractivity contribution in [2.75, 3.05) is 0 Å². The van der Waals surface area contributed by atoms with Gasteiger partial charge in [-0.1, -0.05) is 0 Å². The van der Waals surface area contributed by atoms with Gasteiger partial charge in [0, 0.05) is 6.07 Å². The third kappa shape index (κ3) is 1.54. The second-order valence-electron chi connectivity index (χ2n) is 2.74. The Labute approximate surface area is 71.0 Å². The molecule has 1 aromatic heterocycles. The number of aromatic nitrogens is 2. The van der Waals surface area contributed by atoms with Crippen LogP contribution in [-0.2, 0) is 0 Å². The maximum absolute atomic E-state index is 11.2. The van der Waals surface area contributed by atoms with E-state index in [0.29, 0.717) is 5.69 Å². The van der Waals surface area contributed by atoms with Gasteiger partial charge in [0.2, 0.25) is 0 Å². The summed E-state index contributed by atoms with van der Waals surface area (Å²) in [6.45, 7) is 3.77. The number of terminal acetylenes is 1. The van der Waals surface area contributed by atoms with Gasteiger partial charge in [-0.05, 0) is 25.8 Å². The Bertz CT molecular complexity index is 371. The van der Waals surface area contributed by atoms with E-state index >= 15 is 0 Å². The smallest absolute Gasteiger partial charge is 0.267 e. The minimum Gasteiger partial charge on any atom is -0.268 e. The zero-order valence-electron chi connectivity index (χ0n) is 7.11. The Morgan fingerprint density at radius 1 is 1.58 bits per heavy atom. The molecule has 0 saturated heterocycles. The van der Waals surface area contributed by atoms with Crippen molar-refractivity contribution in [2.45, 2.75) is 19.9 Å². The molecule has 12 heavy (non-hydrogen) atoms. The maximum atomic E-state index is 11.2. The van der Waals surface area contributed by atoms with Crippen molar-refractivity contribution in [3.63, 3.8) is 0 Å². The van der Waals surface area contributed by atoms with Gasteiger partial charge in [0.1, 0.15) is 5.69 Å². The lowest BCUT2D eigenvalue weighted by Gasteiger charge is -2.06. The first-order valence-corrected chi connectivity index (χ1v) is 3.71. The molecular weight excluding hydrogens is 152 g/mol. The molecule has 3 nitrogen and oxygen atoms in total. The van der Waals surface area contributed by atoms with Crippen LogP contribution in [0.5, 0.6) is 0 Å². The van der Waals surface area contributed by atoms with Crippen molar-refractivity contribution in [3.8, 4) is 12.3 Å². The van der Waals surface area contributed by atoms with Crippen LogP contribution in [0.1, 0.15) is 25.6 Å². The third-order valence-corrected chi connectivity index (χ3v) is 1.46. The average molecular weight is 162 g/mol. The number of hydrogen-bond acceptors (Lipinski definition) is 2. The highest BCUT2D eigenvalue weighted by molar-refractivity contribution is 5.21. The third-order valence-electron chi connectivity index (χ3n) is 1.46. The lowest BCUT2D eigenvalue weighted by atomic mass is 10.3. The largest absolute Gasteiger partial charge is 0.268 e. The van der Waals surface area contributed by atoms with Crippen LogP contribution in [0, 0.1) is 12.3 Å². The molecule has 0 aliphatic heterocycles. The van der Waals surface area contributed by atoms with Crippen LogP contribution in [0.2, 0.25) is 0 Å². The second kappa shape index (κ2) is 3.22. The molecule has 0 aromatic carbocycles. The molecule has 0 radical (unpaired) electrons. The summed E-state index contributed by atoms with van der Waals surface area (Å²) in [5, 5.41) is 3.96. The Morgan fingerprint density at radius 2 is 2.25 bits per heavy atom. The van der Waals surface area contributed by atoms with Crippen LogP contribution < -0.4 is 5.56 Å². The van der Waals surface area contributed by atoms with Crippen LogP contribution in [0.25, 0.3) is 0 Å². The fourth-order valence-corrected chi connectivity index (χ4v) is 0.872. The summed E-state index contributed by atoms with van der Waals surface area (Å²) in [7, 11) is 0. The van der Waals surface area contributed by atoms with E-state index in [2.05, 4.69) is 11.0 Å². The van der Waals surface area contributed by atoms with E-state index in [9.17, 15) is 4.79 Å². The summed E-state index contributed by atoms with van der Waals surface area (Å²) in [5.74, 6) is 2.38. The lowest BCUT2D eigenvalue weighted by Crippen LogP contribution is -2.24. The Kier molecular flexibility index (Phi) is 2.29. The number of nitrogens with zero attached hydrogens (tertiary/aromatic N) is 2. The van der Waals surface area contributed by atoms with Crippen molar-refractivity contribution in [1.82, 2.24) is 9.78 Å². The lowest BCUT2D eigenvalue weighted by molar-refractivity contribution is 0.500. The molecule has 1 heterocycles. The van der Waals surface area contributed by atoms with Crippen molar-refractivity contribution in [1.29, 1.82) is 0 Å². The summed E-state index contributed by atoms with van der Waals surface area (Å²) in [5.41, 5.74) is 0.368. The van der Waals surface area contributed by atoms with E-state index in [1.54, 1.807) is 6.07 Å². The van der Waals surface area contributed by atoms with Gasteiger partial charge in [0.05, 0.1) is 6.04 Å². The average Bonchev–Trinajstić information content (AvgIpc) is 2.05. The first kappa shape index (κ1) is 8.54. The second-order valence-corrected chi connectivity index (χ2v) is 2.74. The molecule has 0 fully saturated rings. The Balaban J connectivity index is 3.29. The maximum Gasteiger partial charge on any atom is 0.267 e. The van der Waals surface area contributed by atoms with Crippen molar-refractivity contribution < 1.29 is 0 Å². The van der Waals surface area contributed by atoms with Crippen LogP contribution in [0.15, 0.2) is 16.9 Å². The van der Waals surface area contributed by atoms with Crippen LogP contribution in [0.4, 0.5) is 0 Å². The molecule has 0 bridgehead atoms. The van der Waals surface area contributed by atoms with Crippen molar-refractivity contribution in [3.05, 3.63) is 28.2 Å². The zero-order valence-corrected chi connectivity index (χ0v) is 7.11. The molecule has 1 aromatic rings. The highest BCUT2D eigenvalue weighted by atomic mass is 16.1. The van der Waals surface area contributed by atoms with Gasteiger partial charge in [-0.3, -0.25) is 4.79 Å². The molecule has 62 valence electrons. The van der Waals surface area contributed by atoms with Gasteiger partial charge in [-0.15, -0.1) is 6.42 Å². The minimum absolute atomic E-state index is 0.0470. The fourth-order valence-electron chi connectivity index (χ4n) is 0.872. The van der Waals surface area contributed by atoms with Crippen LogP contribution in [-0.4, -0.2) is 9.78 Å². The molecule has 0 amide bonds. The van der Waals surface area contributed by atoms with Gasteiger partial charge >= 0.3 is 0 Å². The minimum atomic E-state index is -0.121. The summed E-state index contributed by atoms with van der Waals surface area (Å²) in [4.78, 5) is 11.2. The molecule has 3 heteroatoms. The van der Waals surface area contributed by atoms with Gasteiger partial charge in [-0.25, -0.2) is 4.68 Å². The first-order chi connectivity index (χ1) is 5.65. The molecule has 1 rings (SSSR count). The standard InChI is InChI=1S/C9H10N2O/c1-4-8-5-6-9(12)11(10-8)7(2)3/h1,5-7H,2-3H3. The topological polar surface area (TPSA) is 34.9 Å². The van der Waals surface area contributed by atoms with E-state index in [-0.39, 0.29) is 11.6 Å². The molecule has 0 N–H and O–H groups in total. The Hall–Kier alpha value is -1.56. The van der Waals surface area contributed by atoms with Gasteiger partial charge in [0.25, 0.3) is 5.56 Å². The van der Waals surface area contributed by atoms with E-state index in [1.807, 2.05) is 13.8 Å². The van der Waals surface area contributed by atoms with E-state index in [1.165, 1.54) is 10.7 Å². The van der Waals surface area contributed by atoms with E-state index in [4.69, 9.17) is 6.42 Å². The van der Waals surface area contributed by atoms with Gasteiger partial charge < -0.3 is 0 Å². The summed E-state index contributed by atoms with van der Waals surface area (Å²) < 4.78 is 1.37. The van der Waals surface area contributed by atoms with Crippen LogP contribution in [0.3, 0.4) is 0 Å². The number of rotatable bonds is 1. The van der Waals surface area contributed by atoms with Crippen molar-refractivity contribution in [2.24, 2.45) is 0 Å². The normalized spacial score (nSPS) is 9.83. The summed E-state index contributed by atoms with van der Waals surface area (Å²) in [6.07, 6.45) is 5.14. The molecular formula is C9H10N2O. The highest BCUT2D eigenvalue weighted by Crippen LogP contribution is 1.96. The van der Waals surface area contributed by atoms with E-state index in [0.717, 1.165) is 0 Å². The van der Waals surface area contributed by atoms with Crippen LogP contribution >= 0.6 is 0 Å². The zero-order chi connectivity index (χ0) is 9.14. The first-order valence-electron chi connectivity index (χ1n) is 3.71. The number of hydrogen-bond donors (Lipinski definition) is 0. The fraction of sp³-hybridized carbons (Fsp3) is 0.333. The van der Waals surface area contributed by atoms with Gasteiger partial charge in [0.15, 0.2) is 0 Å². The quantitative estimate of drug-likeness (QED) is 0.572. The molecule has 0 aliphatic carbocycles. The molecule has 0 spiro atoms. The monoisotopic (exact) mass is 162 g/mol. The summed E-state index contributed by atoms with van der Waals surface area (Å²) in [6, 6.07) is 3.02. The summed E-state index contributed by atoms with van der Waals surface area (Å²) >= 11 is 0. The predicted molar refractivity (Wildman–Crippen MR) is 46.8 cm³/mol. The predicted octanol–water partition coefficient (Wildman–Crippen LogP) is 0.805. The van der Waals surface area contributed by atoms with E-state index < -0.39 is 0 Å². The highest BCUT2D eigenvalue weighted by Gasteiger charge is 2.01. The molecule has 0 unspecified atom stereocenters. The Morgan fingerprint density at radius 3 is 2.75 bits per heavy atom. The molecule has 0 aliphatic rings. The van der Waals surface area contributed by atoms with Gasteiger partial charge in [-0.2, -0.15) is 5.10 Å². The molecule has 0 atom stereocenters. The van der Waals surface area contributed by atoms with Crippen molar-refractivity contribution >= 4 is 0 Å². The SMILES string of the molecule is C#Cc1ccc(=O)n(C(C)C)n1.